The Bertz CT molecular complexity index is 704. The summed E-state index contributed by atoms with van der Waals surface area (Å²) in [6.07, 6.45) is 1.39. The van der Waals surface area contributed by atoms with Gasteiger partial charge in [-0.15, -0.1) is 12.4 Å². The summed E-state index contributed by atoms with van der Waals surface area (Å²) in [5.41, 5.74) is 4.64. The summed E-state index contributed by atoms with van der Waals surface area (Å²) in [6.45, 7) is 4.29. The average Bonchev–Trinajstić information content (AvgIpc) is 2.55. The molecule has 0 aromatic heterocycles. The van der Waals surface area contributed by atoms with Crippen LogP contribution in [0, 0.1) is 6.92 Å². The molecule has 24 heavy (non-hydrogen) atoms. The van der Waals surface area contributed by atoms with E-state index < -0.39 is 0 Å². The maximum absolute atomic E-state index is 12.0. The van der Waals surface area contributed by atoms with Crippen molar-refractivity contribution < 1.29 is 9.53 Å². The molecule has 2 aromatic carbocycles. The van der Waals surface area contributed by atoms with Crippen LogP contribution in [0.5, 0.6) is 5.75 Å². The molecular weight excluding hydrogens is 324 g/mol. The quantitative estimate of drug-likeness (QED) is 0.871. The molecule has 0 spiro atoms. The second-order valence-electron chi connectivity index (χ2n) is 5.87. The number of rotatable bonds is 5. The molecule has 1 heterocycles. The molecule has 0 atom stereocenters. The zero-order valence-electron chi connectivity index (χ0n) is 13.8. The van der Waals surface area contributed by atoms with Gasteiger partial charge in [-0.25, -0.2) is 0 Å². The maximum Gasteiger partial charge on any atom is 0.227 e. The fourth-order valence-corrected chi connectivity index (χ4v) is 2.75. The number of carbonyl (C=O) groups is 1. The Morgan fingerprint density at radius 1 is 1.21 bits per heavy atom. The lowest BCUT2D eigenvalue weighted by atomic mass is 10.0. The molecule has 4 nitrogen and oxygen atoms in total. The molecule has 0 unspecified atom stereocenters. The van der Waals surface area contributed by atoms with E-state index in [9.17, 15) is 4.79 Å². The minimum atomic E-state index is -0.0265. The van der Waals surface area contributed by atoms with E-state index in [1.165, 1.54) is 11.1 Å². The fraction of sp³-hybridized carbons (Fsp3) is 0.316. The summed E-state index contributed by atoms with van der Waals surface area (Å²) in [5, 5.41) is 6.29. The summed E-state index contributed by atoms with van der Waals surface area (Å²) in [6, 6.07) is 14.0. The molecule has 1 amide bonds. The van der Waals surface area contributed by atoms with E-state index in [-0.39, 0.29) is 18.3 Å². The molecule has 2 aromatic rings. The number of hydrogen-bond donors (Lipinski definition) is 2. The van der Waals surface area contributed by atoms with Crippen LogP contribution in [0.25, 0.3) is 0 Å². The van der Waals surface area contributed by atoms with Gasteiger partial charge in [0.05, 0.1) is 13.0 Å². The first-order chi connectivity index (χ1) is 11.2. The van der Waals surface area contributed by atoms with Crippen LogP contribution in [0.3, 0.4) is 0 Å². The fourth-order valence-electron chi connectivity index (χ4n) is 2.75. The van der Waals surface area contributed by atoms with Gasteiger partial charge < -0.3 is 15.4 Å². The molecule has 1 aliphatic rings. The summed E-state index contributed by atoms with van der Waals surface area (Å²) < 4.78 is 5.61. The van der Waals surface area contributed by atoms with Gasteiger partial charge in [0, 0.05) is 12.2 Å². The van der Waals surface area contributed by atoms with Gasteiger partial charge in [0.1, 0.15) is 5.75 Å². The van der Waals surface area contributed by atoms with Gasteiger partial charge in [0.25, 0.3) is 0 Å². The number of halogens is 1. The van der Waals surface area contributed by atoms with Gasteiger partial charge in [-0.3, -0.25) is 4.79 Å². The van der Waals surface area contributed by atoms with Crippen molar-refractivity contribution >= 4 is 24.0 Å². The van der Waals surface area contributed by atoms with E-state index in [2.05, 4.69) is 22.8 Å². The summed E-state index contributed by atoms with van der Waals surface area (Å²) in [7, 11) is 0. The zero-order chi connectivity index (χ0) is 16.1. The van der Waals surface area contributed by atoms with Gasteiger partial charge in [0.2, 0.25) is 5.91 Å². The second-order valence-corrected chi connectivity index (χ2v) is 5.87. The van der Waals surface area contributed by atoms with Crippen molar-refractivity contribution in [1.82, 2.24) is 5.32 Å². The number of amides is 1. The van der Waals surface area contributed by atoms with Crippen LogP contribution in [-0.4, -0.2) is 19.1 Å². The van der Waals surface area contributed by atoms with E-state index in [1.807, 2.05) is 37.3 Å². The Balaban J connectivity index is 0.00000208. The zero-order valence-corrected chi connectivity index (χ0v) is 14.6. The van der Waals surface area contributed by atoms with Gasteiger partial charge in [-0.05, 0) is 60.8 Å². The minimum absolute atomic E-state index is 0. The predicted molar refractivity (Wildman–Crippen MR) is 99.0 cm³/mol. The molecule has 3 rings (SSSR count). The van der Waals surface area contributed by atoms with E-state index in [0.29, 0.717) is 13.0 Å². The summed E-state index contributed by atoms with van der Waals surface area (Å²) >= 11 is 0. The first-order valence-corrected chi connectivity index (χ1v) is 8.02. The first-order valence-electron chi connectivity index (χ1n) is 8.02. The molecule has 128 valence electrons. The Kier molecular flexibility index (Phi) is 6.64. The minimum Gasteiger partial charge on any atom is -0.493 e. The van der Waals surface area contributed by atoms with Gasteiger partial charge >= 0.3 is 0 Å². The third-order valence-electron chi connectivity index (χ3n) is 3.96. The van der Waals surface area contributed by atoms with Crippen molar-refractivity contribution in [3.05, 3.63) is 59.2 Å². The molecule has 0 radical (unpaired) electrons. The topological polar surface area (TPSA) is 50.4 Å². The lowest BCUT2D eigenvalue weighted by Crippen LogP contribution is -2.24. The van der Waals surface area contributed by atoms with Crippen molar-refractivity contribution in [2.45, 2.75) is 26.3 Å². The highest BCUT2D eigenvalue weighted by molar-refractivity contribution is 5.90. The molecule has 0 saturated heterocycles. The van der Waals surface area contributed by atoms with E-state index in [0.717, 1.165) is 36.5 Å². The number of anilines is 1. The van der Waals surface area contributed by atoms with Crippen molar-refractivity contribution in [2.24, 2.45) is 0 Å². The molecule has 2 N–H and O–H groups in total. The molecule has 0 aliphatic carbocycles. The molecular formula is C19H23ClN2O2. The number of fused-ring (bicyclic) bond motifs is 1. The van der Waals surface area contributed by atoms with E-state index >= 15 is 0 Å². The van der Waals surface area contributed by atoms with Crippen LogP contribution in [-0.2, 0) is 17.8 Å². The Hall–Kier alpha value is -2.04. The van der Waals surface area contributed by atoms with Crippen molar-refractivity contribution in [3.8, 4) is 5.75 Å². The molecule has 0 bridgehead atoms. The average molecular weight is 347 g/mol. The molecule has 0 saturated carbocycles. The second kappa shape index (κ2) is 8.71. The lowest BCUT2D eigenvalue weighted by molar-refractivity contribution is -0.116. The number of aryl methyl sites for hydroxylation is 1. The van der Waals surface area contributed by atoms with E-state index in [1.54, 1.807) is 0 Å². The highest BCUT2D eigenvalue weighted by Gasteiger charge is 2.10. The Labute approximate surface area is 149 Å². The highest BCUT2D eigenvalue weighted by Crippen LogP contribution is 2.19. The van der Waals surface area contributed by atoms with Crippen molar-refractivity contribution in [3.63, 3.8) is 0 Å². The van der Waals surface area contributed by atoms with Gasteiger partial charge in [0.15, 0.2) is 0 Å². The smallest absolute Gasteiger partial charge is 0.227 e. The SMILES string of the molecule is Cc1cccc(OCCC(=O)Nc2ccc3c(c2)CNCC3)c1.Cl. The van der Waals surface area contributed by atoms with Gasteiger partial charge in [-0.2, -0.15) is 0 Å². The predicted octanol–water partition coefficient (Wildman–Crippen LogP) is 3.47. The molecule has 0 fully saturated rings. The molecule has 5 heteroatoms. The Morgan fingerprint density at radius 3 is 2.92 bits per heavy atom. The number of carbonyl (C=O) groups excluding carboxylic acids is 1. The number of benzene rings is 2. The first kappa shape index (κ1) is 18.3. The molecule has 1 aliphatic heterocycles. The van der Waals surface area contributed by atoms with E-state index in [4.69, 9.17) is 4.74 Å². The maximum atomic E-state index is 12.0. The van der Waals surface area contributed by atoms with Crippen LogP contribution < -0.4 is 15.4 Å². The number of hydrogen-bond acceptors (Lipinski definition) is 3. The van der Waals surface area contributed by atoms with Crippen LogP contribution in [0.1, 0.15) is 23.1 Å². The van der Waals surface area contributed by atoms with Crippen LogP contribution in [0.4, 0.5) is 5.69 Å². The lowest BCUT2D eigenvalue weighted by Gasteiger charge is -2.18. The number of nitrogens with one attached hydrogen (secondary N) is 2. The standard InChI is InChI=1S/C19H22N2O2.ClH/c1-14-3-2-4-18(11-14)23-10-8-19(22)21-17-6-5-15-7-9-20-13-16(15)12-17;/h2-6,11-12,20H,7-10,13H2,1H3,(H,21,22);1H. The summed E-state index contributed by atoms with van der Waals surface area (Å²) in [4.78, 5) is 12.0. The van der Waals surface area contributed by atoms with Crippen LogP contribution in [0.15, 0.2) is 42.5 Å². The van der Waals surface area contributed by atoms with Crippen LogP contribution in [0.2, 0.25) is 0 Å². The number of ether oxygens (including phenoxy) is 1. The van der Waals surface area contributed by atoms with Gasteiger partial charge in [-0.1, -0.05) is 18.2 Å². The third-order valence-corrected chi connectivity index (χ3v) is 3.96. The van der Waals surface area contributed by atoms with Crippen molar-refractivity contribution in [1.29, 1.82) is 0 Å². The largest absolute Gasteiger partial charge is 0.493 e. The van der Waals surface area contributed by atoms with Crippen LogP contribution >= 0.6 is 12.4 Å². The monoisotopic (exact) mass is 346 g/mol. The highest BCUT2D eigenvalue weighted by atomic mass is 35.5. The summed E-state index contributed by atoms with van der Waals surface area (Å²) in [5.74, 6) is 0.777. The Morgan fingerprint density at radius 2 is 2.08 bits per heavy atom. The van der Waals surface area contributed by atoms with Crippen molar-refractivity contribution in [2.75, 3.05) is 18.5 Å². The normalized spacial score (nSPS) is 12.7. The third kappa shape index (κ3) is 4.98.